The minimum Gasteiger partial charge on any atom is -0.354 e. The van der Waals surface area contributed by atoms with Crippen molar-refractivity contribution in [3.05, 3.63) is 70.5 Å². The largest absolute Gasteiger partial charge is 0.354 e. The highest BCUT2D eigenvalue weighted by Crippen LogP contribution is 2.26. The summed E-state index contributed by atoms with van der Waals surface area (Å²) in [6.45, 7) is 0. The highest BCUT2D eigenvalue weighted by molar-refractivity contribution is 5.93. The van der Waals surface area contributed by atoms with E-state index in [1.807, 2.05) is 42.5 Å². The van der Waals surface area contributed by atoms with Gasteiger partial charge in [0.1, 0.15) is 6.07 Å². The van der Waals surface area contributed by atoms with Crippen LogP contribution in [0.3, 0.4) is 0 Å². The van der Waals surface area contributed by atoms with Gasteiger partial charge in [-0.2, -0.15) is 5.26 Å². The summed E-state index contributed by atoms with van der Waals surface area (Å²) >= 11 is 0. The molecular weight excluding hydrogens is 262 g/mol. The maximum atomic E-state index is 12.1. The first-order valence-electron chi connectivity index (χ1n) is 6.55. The topological polar surface area (TPSA) is 57.8 Å². The monoisotopic (exact) mass is 275 g/mol. The van der Waals surface area contributed by atoms with Crippen LogP contribution in [0.5, 0.6) is 0 Å². The number of benzene rings is 2. The molecule has 2 aromatic carbocycles. The first-order valence-corrected chi connectivity index (χ1v) is 6.55. The Kier molecular flexibility index (Phi) is 3.17. The van der Waals surface area contributed by atoms with E-state index in [0.717, 1.165) is 10.9 Å². The minimum absolute atomic E-state index is 0.0920. The molecule has 0 aliphatic rings. The van der Waals surface area contributed by atoms with Crippen molar-refractivity contribution in [2.24, 2.45) is 7.05 Å². The standard InChI is InChI=1S/C17H13N3O/c1-20-16-9-5-3-7-13(16)15(10-17(20)21)19-14-8-4-2-6-12(14)11-18/h2-10,19H,1H3. The first-order chi connectivity index (χ1) is 10.2. The van der Waals surface area contributed by atoms with Crippen LogP contribution in [0.4, 0.5) is 11.4 Å². The maximum absolute atomic E-state index is 12.1. The van der Waals surface area contributed by atoms with Crippen molar-refractivity contribution in [2.45, 2.75) is 0 Å². The van der Waals surface area contributed by atoms with Crippen LogP contribution in [-0.2, 0) is 7.05 Å². The van der Waals surface area contributed by atoms with E-state index in [-0.39, 0.29) is 5.56 Å². The SMILES string of the molecule is Cn1c(=O)cc(Nc2ccccc2C#N)c2ccccc21. The molecule has 0 amide bonds. The summed E-state index contributed by atoms with van der Waals surface area (Å²) in [6.07, 6.45) is 0. The second-order valence-electron chi connectivity index (χ2n) is 4.75. The molecule has 3 aromatic rings. The van der Waals surface area contributed by atoms with E-state index >= 15 is 0 Å². The highest BCUT2D eigenvalue weighted by Gasteiger charge is 2.08. The van der Waals surface area contributed by atoms with Crippen LogP contribution in [0.15, 0.2) is 59.4 Å². The number of nitrogens with zero attached hydrogens (tertiary/aromatic N) is 2. The predicted octanol–water partition coefficient (Wildman–Crippen LogP) is 3.15. The molecule has 0 aliphatic carbocycles. The van der Waals surface area contributed by atoms with E-state index < -0.39 is 0 Å². The third-order valence-electron chi connectivity index (χ3n) is 3.47. The third kappa shape index (κ3) is 2.26. The van der Waals surface area contributed by atoms with Crippen molar-refractivity contribution < 1.29 is 0 Å². The molecule has 0 saturated carbocycles. The van der Waals surface area contributed by atoms with Gasteiger partial charge in [0, 0.05) is 18.5 Å². The number of hydrogen-bond acceptors (Lipinski definition) is 3. The summed E-state index contributed by atoms with van der Waals surface area (Å²) in [5, 5.41) is 13.3. The summed E-state index contributed by atoms with van der Waals surface area (Å²) in [4.78, 5) is 12.1. The van der Waals surface area contributed by atoms with Gasteiger partial charge in [-0.3, -0.25) is 4.79 Å². The zero-order chi connectivity index (χ0) is 14.8. The maximum Gasteiger partial charge on any atom is 0.252 e. The molecule has 0 radical (unpaired) electrons. The van der Waals surface area contributed by atoms with Gasteiger partial charge >= 0.3 is 0 Å². The first kappa shape index (κ1) is 12.9. The van der Waals surface area contributed by atoms with E-state index in [9.17, 15) is 4.79 Å². The molecule has 4 nitrogen and oxygen atoms in total. The number of rotatable bonds is 2. The molecular formula is C17H13N3O. The van der Waals surface area contributed by atoms with Gasteiger partial charge in [-0.1, -0.05) is 30.3 Å². The smallest absolute Gasteiger partial charge is 0.252 e. The fourth-order valence-electron chi connectivity index (χ4n) is 2.35. The van der Waals surface area contributed by atoms with Crippen LogP contribution in [0.2, 0.25) is 0 Å². The number of hydrogen-bond donors (Lipinski definition) is 1. The number of para-hydroxylation sites is 2. The molecule has 0 bridgehead atoms. The number of nitriles is 1. The van der Waals surface area contributed by atoms with E-state index in [2.05, 4.69) is 11.4 Å². The highest BCUT2D eigenvalue weighted by atomic mass is 16.1. The number of aromatic nitrogens is 1. The molecule has 0 unspecified atom stereocenters. The summed E-state index contributed by atoms with van der Waals surface area (Å²) in [7, 11) is 1.75. The molecule has 0 saturated heterocycles. The summed E-state index contributed by atoms with van der Waals surface area (Å²) in [5.74, 6) is 0. The Morgan fingerprint density at radius 1 is 1.05 bits per heavy atom. The third-order valence-corrected chi connectivity index (χ3v) is 3.47. The number of aryl methyl sites for hydroxylation is 1. The van der Waals surface area contributed by atoms with Crippen molar-refractivity contribution in [3.8, 4) is 6.07 Å². The quantitative estimate of drug-likeness (QED) is 0.781. The van der Waals surface area contributed by atoms with E-state index in [4.69, 9.17) is 5.26 Å². The van der Waals surface area contributed by atoms with Crippen molar-refractivity contribution in [3.63, 3.8) is 0 Å². The van der Waals surface area contributed by atoms with E-state index in [1.54, 1.807) is 23.7 Å². The Morgan fingerprint density at radius 3 is 2.57 bits per heavy atom. The average Bonchev–Trinajstić information content (AvgIpc) is 2.53. The van der Waals surface area contributed by atoms with Crippen LogP contribution >= 0.6 is 0 Å². The molecule has 0 spiro atoms. The van der Waals surface area contributed by atoms with Crippen molar-refractivity contribution in [2.75, 3.05) is 5.32 Å². The van der Waals surface area contributed by atoms with E-state index in [0.29, 0.717) is 16.9 Å². The van der Waals surface area contributed by atoms with Crippen molar-refractivity contribution in [1.29, 1.82) is 5.26 Å². The normalized spacial score (nSPS) is 10.3. The lowest BCUT2D eigenvalue weighted by molar-refractivity contribution is 0.907. The second-order valence-corrected chi connectivity index (χ2v) is 4.75. The lowest BCUT2D eigenvalue weighted by atomic mass is 10.1. The second kappa shape index (κ2) is 5.14. The fourth-order valence-corrected chi connectivity index (χ4v) is 2.35. The number of pyridine rings is 1. The van der Waals surface area contributed by atoms with Crippen LogP contribution in [-0.4, -0.2) is 4.57 Å². The molecule has 0 atom stereocenters. The van der Waals surface area contributed by atoms with Gasteiger partial charge in [-0.15, -0.1) is 0 Å². The van der Waals surface area contributed by atoms with Gasteiger partial charge in [0.25, 0.3) is 5.56 Å². The van der Waals surface area contributed by atoms with E-state index in [1.165, 1.54) is 0 Å². The van der Waals surface area contributed by atoms with Crippen molar-refractivity contribution >= 4 is 22.3 Å². The molecule has 0 fully saturated rings. The predicted molar refractivity (Wildman–Crippen MR) is 83.6 cm³/mol. The van der Waals surface area contributed by atoms with Crippen LogP contribution in [0.1, 0.15) is 5.56 Å². The van der Waals surface area contributed by atoms with Gasteiger partial charge < -0.3 is 9.88 Å². The van der Waals surface area contributed by atoms with Gasteiger partial charge in [-0.25, -0.2) is 0 Å². The molecule has 102 valence electrons. The van der Waals surface area contributed by atoms with Gasteiger partial charge in [0.05, 0.1) is 22.5 Å². The van der Waals surface area contributed by atoms with Crippen LogP contribution in [0.25, 0.3) is 10.9 Å². The Morgan fingerprint density at radius 2 is 1.76 bits per heavy atom. The molecule has 4 heteroatoms. The van der Waals surface area contributed by atoms with Gasteiger partial charge in [-0.05, 0) is 18.2 Å². The summed E-state index contributed by atoms with van der Waals surface area (Å²) in [5.41, 5.74) is 2.70. The molecule has 1 aromatic heterocycles. The molecule has 3 rings (SSSR count). The zero-order valence-corrected chi connectivity index (χ0v) is 11.5. The molecule has 21 heavy (non-hydrogen) atoms. The average molecular weight is 275 g/mol. The lowest BCUT2D eigenvalue weighted by Crippen LogP contribution is -2.16. The number of fused-ring (bicyclic) bond motifs is 1. The van der Waals surface area contributed by atoms with Gasteiger partial charge in [0.15, 0.2) is 0 Å². The summed E-state index contributed by atoms with van der Waals surface area (Å²) in [6, 6.07) is 18.6. The Labute approximate surface area is 121 Å². The van der Waals surface area contributed by atoms with Gasteiger partial charge in [0.2, 0.25) is 0 Å². The zero-order valence-electron chi connectivity index (χ0n) is 11.5. The molecule has 1 N–H and O–H groups in total. The molecule has 1 heterocycles. The van der Waals surface area contributed by atoms with Crippen molar-refractivity contribution in [1.82, 2.24) is 4.57 Å². The Balaban J connectivity index is 2.20. The minimum atomic E-state index is -0.0920. The fraction of sp³-hybridized carbons (Fsp3) is 0.0588. The number of anilines is 2. The van der Waals surface area contributed by atoms with Crippen LogP contribution < -0.4 is 10.9 Å². The summed E-state index contributed by atoms with van der Waals surface area (Å²) < 4.78 is 1.61. The Hall–Kier alpha value is -3.06. The Bertz CT molecular complexity index is 919. The van der Waals surface area contributed by atoms with Crippen LogP contribution in [0, 0.1) is 11.3 Å². The molecule has 0 aliphatic heterocycles. The number of nitrogens with one attached hydrogen (secondary N) is 1. The lowest BCUT2D eigenvalue weighted by Gasteiger charge is -2.13.